The van der Waals surface area contributed by atoms with Gasteiger partial charge < -0.3 is 5.11 Å². The Morgan fingerprint density at radius 1 is 1.18 bits per heavy atom. The van der Waals surface area contributed by atoms with Crippen molar-refractivity contribution >= 4 is 29.6 Å². The van der Waals surface area contributed by atoms with E-state index < -0.39 is 24.0 Å². The maximum Gasteiger partial charge on any atom is 0.246 e. The molecule has 1 N–H and O–H groups in total. The second-order valence-corrected chi connectivity index (χ2v) is 6.87. The van der Waals surface area contributed by atoms with Gasteiger partial charge in [0, 0.05) is 24.0 Å². The molecule has 5 nitrogen and oxygen atoms in total. The van der Waals surface area contributed by atoms with Crippen LogP contribution in [-0.4, -0.2) is 40.4 Å². The molecule has 0 saturated carbocycles. The molecule has 70 valence electrons. The highest BCUT2D eigenvalue weighted by Crippen LogP contribution is 1.99. The van der Waals surface area contributed by atoms with Crippen molar-refractivity contribution in [2.24, 2.45) is 0 Å². The number of hydrogen-bond acceptors (Lipinski definition) is 5. The van der Waals surface area contributed by atoms with Crippen LogP contribution >= 0.6 is 10.7 Å². The summed E-state index contributed by atoms with van der Waals surface area (Å²) in [6.07, 6.45) is 0.799. The van der Waals surface area contributed by atoms with Gasteiger partial charge in [0.2, 0.25) is 9.05 Å². The first-order chi connectivity index (χ1) is 4.71. The molecule has 0 aromatic carbocycles. The molecular weight excluding hydrogens is 216 g/mol. The lowest BCUT2D eigenvalue weighted by Gasteiger charge is -1.89. The van der Waals surface area contributed by atoms with E-state index in [0.717, 1.165) is 13.4 Å². The van der Waals surface area contributed by atoms with Gasteiger partial charge in [0.05, 0.1) is 0 Å². The van der Waals surface area contributed by atoms with Gasteiger partial charge in [-0.3, -0.25) is 0 Å². The molecule has 0 amide bonds. The largest absolute Gasteiger partial charge is 0.400 e. The summed E-state index contributed by atoms with van der Waals surface area (Å²) in [6.45, 7) is 0. The van der Waals surface area contributed by atoms with Gasteiger partial charge in [-0.25, -0.2) is 16.8 Å². The van der Waals surface area contributed by atoms with E-state index in [0.29, 0.717) is 0 Å². The molecule has 0 fully saturated rings. The summed E-state index contributed by atoms with van der Waals surface area (Å²) in [7, 11) is -1.79. The highest BCUT2D eigenvalue weighted by Gasteiger charge is 2.13. The van der Waals surface area contributed by atoms with Gasteiger partial charge >= 0.3 is 0 Å². The number of aliphatic hydroxyl groups excluding tert-OH is 1. The molecule has 0 rings (SSSR count). The molecule has 0 unspecified atom stereocenters. The Kier molecular flexibility index (Phi) is 6.13. The van der Waals surface area contributed by atoms with Crippen molar-refractivity contribution in [3.05, 3.63) is 0 Å². The van der Waals surface area contributed by atoms with E-state index in [1.54, 1.807) is 0 Å². The van der Waals surface area contributed by atoms with Gasteiger partial charge in [-0.2, -0.15) is 0 Å². The summed E-state index contributed by atoms with van der Waals surface area (Å²) < 4.78 is 40.4. The number of sulfone groups is 1. The van der Waals surface area contributed by atoms with Crippen LogP contribution in [0.1, 0.15) is 0 Å². The van der Waals surface area contributed by atoms with Crippen molar-refractivity contribution in [2.75, 3.05) is 18.5 Å². The fraction of sp³-hybridized carbons (Fsp3) is 1.00. The first-order valence-corrected chi connectivity index (χ1v) is 6.79. The van der Waals surface area contributed by atoms with Crippen LogP contribution in [0.15, 0.2) is 0 Å². The first kappa shape index (κ1) is 13.7. The highest BCUT2D eigenvalue weighted by molar-refractivity contribution is 8.21. The first-order valence-electron chi connectivity index (χ1n) is 2.25. The second-order valence-electron chi connectivity index (χ2n) is 1.58. The number of hydrogen-bond donors (Lipinski definition) is 1. The SMILES string of the molecule is CO.CS(=O)(=O)CS(=O)(=O)Cl. The lowest BCUT2D eigenvalue weighted by Crippen LogP contribution is -2.09. The van der Waals surface area contributed by atoms with E-state index in [2.05, 4.69) is 10.7 Å². The van der Waals surface area contributed by atoms with Gasteiger partial charge in [-0.1, -0.05) is 0 Å². The fourth-order valence-corrected chi connectivity index (χ4v) is 3.76. The number of rotatable bonds is 2. The summed E-state index contributed by atoms with van der Waals surface area (Å²) >= 11 is 0. The van der Waals surface area contributed by atoms with Crippen LogP contribution < -0.4 is 0 Å². The molecule has 0 aromatic heterocycles. The normalized spacial score (nSPS) is 11.6. The zero-order valence-electron chi connectivity index (χ0n) is 5.98. The Hall–Kier alpha value is 0.150. The minimum atomic E-state index is -3.90. The number of halogens is 1. The Labute approximate surface area is 70.3 Å². The molecule has 0 aliphatic rings. The molecule has 11 heavy (non-hydrogen) atoms. The average molecular weight is 225 g/mol. The Bertz CT molecular complexity index is 245. The van der Waals surface area contributed by atoms with Crippen LogP contribution in [-0.2, 0) is 18.9 Å². The Balaban J connectivity index is 0. The molecule has 0 atom stereocenters. The third-order valence-corrected chi connectivity index (χ3v) is 4.00. The van der Waals surface area contributed by atoms with Gasteiger partial charge in [-0.15, -0.1) is 0 Å². The molecule has 0 radical (unpaired) electrons. The van der Waals surface area contributed by atoms with E-state index in [1.165, 1.54) is 0 Å². The van der Waals surface area contributed by atoms with Gasteiger partial charge in [0.1, 0.15) is 0 Å². The van der Waals surface area contributed by atoms with E-state index >= 15 is 0 Å². The van der Waals surface area contributed by atoms with E-state index in [9.17, 15) is 16.8 Å². The van der Waals surface area contributed by atoms with E-state index in [-0.39, 0.29) is 0 Å². The zero-order valence-corrected chi connectivity index (χ0v) is 8.37. The van der Waals surface area contributed by atoms with Crippen molar-refractivity contribution in [3.63, 3.8) is 0 Å². The topological polar surface area (TPSA) is 88.5 Å². The molecule has 0 aromatic rings. The summed E-state index contributed by atoms with van der Waals surface area (Å²) in [6, 6.07) is 0. The van der Waals surface area contributed by atoms with Crippen LogP contribution in [0.2, 0.25) is 0 Å². The summed E-state index contributed by atoms with van der Waals surface area (Å²) in [5.74, 6) is 0. The molecule has 0 aliphatic heterocycles. The van der Waals surface area contributed by atoms with E-state index in [4.69, 9.17) is 5.11 Å². The van der Waals surface area contributed by atoms with Crippen molar-refractivity contribution in [3.8, 4) is 0 Å². The second kappa shape index (κ2) is 4.91. The molecular formula is C3H9ClO5S2. The van der Waals surface area contributed by atoms with Crippen LogP contribution in [0.3, 0.4) is 0 Å². The third kappa shape index (κ3) is 17.8. The third-order valence-electron chi connectivity index (χ3n) is 0.355. The van der Waals surface area contributed by atoms with Gasteiger partial charge in [0.15, 0.2) is 14.9 Å². The maximum absolute atomic E-state index is 10.2. The Morgan fingerprint density at radius 2 is 1.45 bits per heavy atom. The number of aliphatic hydroxyl groups is 1. The predicted molar refractivity (Wildman–Crippen MR) is 42.6 cm³/mol. The predicted octanol–water partition coefficient (Wildman–Crippen LogP) is -0.834. The molecule has 0 heterocycles. The highest BCUT2D eigenvalue weighted by atomic mass is 35.7. The van der Waals surface area contributed by atoms with Crippen LogP contribution in [0.4, 0.5) is 0 Å². The molecule has 8 heteroatoms. The minimum absolute atomic E-state index is 0.799. The zero-order chi connectivity index (χ0) is 9.71. The van der Waals surface area contributed by atoms with Crippen LogP contribution in [0.25, 0.3) is 0 Å². The minimum Gasteiger partial charge on any atom is -0.400 e. The van der Waals surface area contributed by atoms with Crippen molar-refractivity contribution in [1.29, 1.82) is 0 Å². The summed E-state index contributed by atoms with van der Waals surface area (Å²) in [5.41, 5.74) is 0. The monoisotopic (exact) mass is 224 g/mol. The molecule has 0 aliphatic carbocycles. The maximum atomic E-state index is 10.2. The molecule has 0 bridgehead atoms. The van der Waals surface area contributed by atoms with Crippen LogP contribution in [0, 0.1) is 0 Å². The lowest BCUT2D eigenvalue weighted by atomic mass is 11.8. The van der Waals surface area contributed by atoms with Crippen molar-refractivity contribution in [2.45, 2.75) is 0 Å². The summed E-state index contributed by atoms with van der Waals surface area (Å²) in [4.78, 5) is 0. The van der Waals surface area contributed by atoms with Crippen LogP contribution in [0.5, 0.6) is 0 Å². The molecule has 0 saturated heterocycles. The van der Waals surface area contributed by atoms with Crippen molar-refractivity contribution < 1.29 is 21.9 Å². The standard InChI is InChI=1S/C2H5ClO4S2.CH4O/c1-8(4,5)2-9(3,6)7;1-2/h2H2,1H3;2H,1H3. The molecule has 0 spiro atoms. The lowest BCUT2D eigenvalue weighted by molar-refractivity contribution is 0.399. The summed E-state index contributed by atoms with van der Waals surface area (Å²) in [5, 5.41) is 6.00. The van der Waals surface area contributed by atoms with Gasteiger partial charge in [-0.05, 0) is 0 Å². The average Bonchev–Trinajstić information content (AvgIpc) is 1.60. The Morgan fingerprint density at radius 3 is 1.45 bits per heavy atom. The fourth-order valence-electron chi connectivity index (χ4n) is 0.256. The van der Waals surface area contributed by atoms with E-state index in [1.807, 2.05) is 0 Å². The quantitative estimate of drug-likeness (QED) is 0.619. The smallest absolute Gasteiger partial charge is 0.246 e. The van der Waals surface area contributed by atoms with Gasteiger partial charge in [0.25, 0.3) is 0 Å². The van der Waals surface area contributed by atoms with Crippen molar-refractivity contribution in [1.82, 2.24) is 0 Å².